The van der Waals surface area contributed by atoms with Crippen LogP contribution in [-0.4, -0.2) is 16.0 Å². The van der Waals surface area contributed by atoms with Crippen molar-refractivity contribution in [3.05, 3.63) is 34.7 Å². The zero-order chi connectivity index (χ0) is 12.8. The summed E-state index contributed by atoms with van der Waals surface area (Å²) in [5.74, 6) is -0.684. The normalized spacial score (nSPS) is 11.4. The molecule has 2 N–H and O–H groups in total. The minimum atomic E-state index is -0.693. The average Bonchev–Trinajstić information content (AvgIpc) is 2.32. The lowest BCUT2D eigenvalue weighted by molar-refractivity contribution is -0.112. The molecule has 0 aliphatic carbocycles. The third-order valence-corrected chi connectivity index (χ3v) is 2.15. The first-order chi connectivity index (χ1) is 8.08. The standard InChI is InChI=1S/C11H10ClN3O2/c1-2-9(16)8(5-13)11(17)15-10-4-3-7(12)6-14-10/h3-4,6,16H,2H2,1H3,(H,14,15,17)/b9-8-. The summed E-state index contributed by atoms with van der Waals surface area (Å²) in [5, 5.41) is 20.9. The summed E-state index contributed by atoms with van der Waals surface area (Å²) in [6.07, 6.45) is 1.58. The molecule has 1 amide bonds. The summed E-state index contributed by atoms with van der Waals surface area (Å²) in [4.78, 5) is 15.4. The number of aliphatic hydroxyl groups is 1. The molecule has 0 aromatic carbocycles. The Morgan fingerprint density at radius 2 is 2.35 bits per heavy atom. The van der Waals surface area contributed by atoms with Crippen molar-refractivity contribution in [1.29, 1.82) is 5.26 Å². The van der Waals surface area contributed by atoms with Crippen molar-refractivity contribution in [3.8, 4) is 6.07 Å². The molecule has 1 aromatic rings. The maximum absolute atomic E-state index is 11.6. The van der Waals surface area contributed by atoms with E-state index >= 15 is 0 Å². The van der Waals surface area contributed by atoms with Gasteiger partial charge in [-0.2, -0.15) is 5.26 Å². The van der Waals surface area contributed by atoms with Crippen LogP contribution in [0, 0.1) is 11.3 Å². The van der Waals surface area contributed by atoms with Gasteiger partial charge in [0, 0.05) is 12.6 Å². The monoisotopic (exact) mass is 251 g/mol. The van der Waals surface area contributed by atoms with Crippen molar-refractivity contribution in [2.45, 2.75) is 13.3 Å². The number of halogens is 1. The van der Waals surface area contributed by atoms with Crippen molar-refractivity contribution in [2.24, 2.45) is 0 Å². The molecule has 0 bridgehead atoms. The Bertz CT molecular complexity index is 488. The fraction of sp³-hybridized carbons (Fsp3) is 0.182. The van der Waals surface area contributed by atoms with Gasteiger partial charge >= 0.3 is 0 Å². The highest BCUT2D eigenvalue weighted by molar-refractivity contribution is 6.30. The molecule has 17 heavy (non-hydrogen) atoms. The van der Waals surface area contributed by atoms with E-state index in [-0.39, 0.29) is 23.6 Å². The van der Waals surface area contributed by atoms with E-state index in [0.717, 1.165) is 0 Å². The number of allylic oxidation sites excluding steroid dienone is 1. The maximum Gasteiger partial charge on any atom is 0.270 e. The molecule has 0 aliphatic heterocycles. The fourth-order valence-electron chi connectivity index (χ4n) is 1.05. The van der Waals surface area contributed by atoms with E-state index in [1.165, 1.54) is 12.3 Å². The van der Waals surface area contributed by atoms with Gasteiger partial charge in [0.1, 0.15) is 17.6 Å². The molecule has 0 unspecified atom stereocenters. The molecule has 88 valence electrons. The molecule has 0 saturated carbocycles. The van der Waals surface area contributed by atoms with E-state index in [4.69, 9.17) is 16.9 Å². The Balaban J connectivity index is 2.86. The molecule has 0 spiro atoms. The van der Waals surface area contributed by atoms with Crippen LogP contribution in [0.5, 0.6) is 0 Å². The quantitative estimate of drug-likeness (QED) is 0.491. The van der Waals surface area contributed by atoms with E-state index in [1.807, 2.05) is 0 Å². The minimum Gasteiger partial charge on any atom is -0.511 e. The number of carbonyl (C=O) groups is 1. The highest BCUT2D eigenvalue weighted by Crippen LogP contribution is 2.12. The van der Waals surface area contributed by atoms with E-state index in [0.29, 0.717) is 5.02 Å². The van der Waals surface area contributed by atoms with Crippen LogP contribution in [0.3, 0.4) is 0 Å². The van der Waals surface area contributed by atoms with Gasteiger partial charge in [0.25, 0.3) is 5.91 Å². The molecule has 1 rings (SSSR count). The first-order valence-corrected chi connectivity index (χ1v) is 5.21. The first kappa shape index (κ1) is 13.0. The van der Waals surface area contributed by atoms with Crippen LogP contribution in [0.4, 0.5) is 5.82 Å². The third kappa shape index (κ3) is 3.47. The van der Waals surface area contributed by atoms with Gasteiger partial charge in [0.05, 0.1) is 5.02 Å². The summed E-state index contributed by atoms with van der Waals surface area (Å²) < 4.78 is 0. The Morgan fingerprint density at radius 1 is 1.65 bits per heavy atom. The summed E-state index contributed by atoms with van der Waals surface area (Å²) in [6, 6.07) is 4.70. The lowest BCUT2D eigenvalue weighted by atomic mass is 10.2. The average molecular weight is 252 g/mol. The number of hydrogen-bond acceptors (Lipinski definition) is 4. The molecule has 0 fully saturated rings. The van der Waals surface area contributed by atoms with E-state index in [1.54, 1.807) is 19.1 Å². The highest BCUT2D eigenvalue weighted by atomic mass is 35.5. The predicted molar refractivity (Wildman–Crippen MR) is 63.4 cm³/mol. The number of amides is 1. The van der Waals surface area contributed by atoms with Crippen LogP contribution in [-0.2, 0) is 4.79 Å². The number of anilines is 1. The molecular weight excluding hydrogens is 242 g/mol. The van der Waals surface area contributed by atoms with Crippen molar-refractivity contribution in [2.75, 3.05) is 5.32 Å². The highest BCUT2D eigenvalue weighted by Gasteiger charge is 2.14. The Hall–Kier alpha value is -2.06. The van der Waals surface area contributed by atoms with Gasteiger partial charge < -0.3 is 10.4 Å². The third-order valence-electron chi connectivity index (χ3n) is 1.93. The Morgan fingerprint density at radius 3 is 2.82 bits per heavy atom. The number of aliphatic hydroxyl groups excluding tert-OH is 1. The van der Waals surface area contributed by atoms with Gasteiger partial charge in [-0.3, -0.25) is 4.79 Å². The van der Waals surface area contributed by atoms with Crippen LogP contribution in [0.15, 0.2) is 29.7 Å². The van der Waals surface area contributed by atoms with E-state index in [9.17, 15) is 9.90 Å². The summed E-state index contributed by atoms with van der Waals surface area (Å²) in [6.45, 7) is 1.64. The molecule has 1 heterocycles. The second-order valence-corrected chi connectivity index (χ2v) is 3.54. The van der Waals surface area contributed by atoms with Gasteiger partial charge in [-0.1, -0.05) is 18.5 Å². The molecule has 0 atom stereocenters. The number of carbonyl (C=O) groups excluding carboxylic acids is 1. The SMILES string of the molecule is CC/C(O)=C(\C#N)C(=O)Nc1ccc(Cl)cn1. The van der Waals surface area contributed by atoms with Crippen molar-refractivity contribution < 1.29 is 9.90 Å². The van der Waals surface area contributed by atoms with Crippen LogP contribution >= 0.6 is 11.6 Å². The fourth-order valence-corrected chi connectivity index (χ4v) is 1.16. The summed E-state index contributed by atoms with van der Waals surface area (Å²) >= 11 is 5.63. The van der Waals surface area contributed by atoms with Crippen molar-refractivity contribution >= 4 is 23.3 Å². The molecule has 0 saturated heterocycles. The molecule has 5 nitrogen and oxygen atoms in total. The zero-order valence-electron chi connectivity index (χ0n) is 9.07. The molecule has 0 aliphatic rings. The van der Waals surface area contributed by atoms with Gasteiger partial charge in [-0.25, -0.2) is 4.98 Å². The summed E-state index contributed by atoms with van der Waals surface area (Å²) in [7, 11) is 0. The Kier molecular flexibility index (Phi) is 4.49. The number of nitriles is 1. The second-order valence-electron chi connectivity index (χ2n) is 3.10. The topological polar surface area (TPSA) is 86.0 Å². The van der Waals surface area contributed by atoms with E-state index in [2.05, 4.69) is 10.3 Å². The van der Waals surface area contributed by atoms with E-state index < -0.39 is 5.91 Å². The van der Waals surface area contributed by atoms with Crippen LogP contribution in [0.1, 0.15) is 13.3 Å². The minimum absolute atomic E-state index is 0.213. The molecule has 1 aromatic heterocycles. The zero-order valence-corrected chi connectivity index (χ0v) is 9.82. The predicted octanol–water partition coefficient (Wildman–Crippen LogP) is 2.42. The smallest absolute Gasteiger partial charge is 0.270 e. The van der Waals surface area contributed by atoms with Gasteiger partial charge in [0.15, 0.2) is 5.57 Å². The second kappa shape index (κ2) is 5.87. The number of aromatic nitrogens is 1. The largest absolute Gasteiger partial charge is 0.511 e. The number of hydrogen-bond donors (Lipinski definition) is 2. The summed E-state index contributed by atoms with van der Waals surface area (Å²) in [5.41, 5.74) is -0.316. The van der Waals surface area contributed by atoms with Crippen LogP contribution in [0.25, 0.3) is 0 Å². The Labute approximate surface area is 103 Å². The van der Waals surface area contributed by atoms with Crippen LogP contribution in [0.2, 0.25) is 5.02 Å². The maximum atomic E-state index is 11.6. The lowest BCUT2D eigenvalue weighted by Gasteiger charge is -2.04. The van der Waals surface area contributed by atoms with Gasteiger partial charge in [0.2, 0.25) is 0 Å². The lowest BCUT2D eigenvalue weighted by Crippen LogP contribution is -2.16. The number of nitrogens with one attached hydrogen (secondary N) is 1. The van der Waals surface area contributed by atoms with Crippen molar-refractivity contribution in [3.63, 3.8) is 0 Å². The number of rotatable bonds is 3. The van der Waals surface area contributed by atoms with Crippen LogP contribution < -0.4 is 5.32 Å². The number of pyridine rings is 1. The van der Waals surface area contributed by atoms with Gasteiger partial charge in [-0.05, 0) is 12.1 Å². The van der Waals surface area contributed by atoms with Crippen molar-refractivity contribution in [1.82, 2.24) is 4.98 Å². The van der Waals surface area contributed by atoms with Gasteiger partial charge in [-0.15, -0.1) is 0 Å². The first-order valence-electron chi connectivity index (χ1n) is 4.83. The molecule has 0 radical (unpaired) electrons. The molecule has 6 heteroatoms. The number of nitrogens with zero attached hydrogens (tertiary/aromatic N) is 2. The molecular formula is C11H10ClN3O2.